The van der Waals surface area contributed by atoms with E-state index in [1.807, 2.05) is 6.92 Å². The topological polar surface area (TPSA) is 58.4 Å². The van der Waals surface area contributed by atoms with Crippen LogP contribution in [0.5, 0.6) is 0 Å². The minimum Gasteiger partial charge on any atom is -0.368 e. The Morgan fingerprint density at radius 3 is 2.44 bits per heavy atom. The number of amides is 1. The molecule has 16 heavy (non-hydrogen) atoms. The number of rotatable bonds is 7. The highest BCUT2D eigenvalue weighted by molar-refractivity contribution is 5.84. The Balaban J connectivity index is 2.62. The van der Waals surface area contributed by atoms with Crippen molar-refractivity contribution in [2.45, 2.75) is 45.2 Å². The van der Waals surface area contributed by atoms with E-state index >= 15 is 0 Å². The zero-order chi connectivity index (χ0) is 12.3. The lowest BCUT2D eigenvalue weighted by Gasteiger charge is -2.34. The van der Waals surface area contributed by atoms with Gasteiger partial charge in [-0.3, -0.25) is 9.69 Å². The van der Waals surface area contributed by atoms with E-state index in [0.29, 0.717) is 18.5 Å². The molecule has 0 aliphatic heterocycles. The zero-order valence-electron chi connectivity index (χ0n) is 10.9. The second-order valence-electron chi connectivity index (χ2n) is 5.50. The maximum Gasteiger partial charge on any atom is 0.238 e. The van der Waals surface area contributed by atoms with Crippen molar-refractivity contribution in [2.24, 2.45) is 11.7 Å². The van der Waals surface area contributed by atoms with Crippen molar-refractivity contribution in [3.05, 3.63) is 0 Å². The lowest BCUT2D eigenvalue weighted by atomic mass is 10.0. The number of likely N-dealkylation sites (N-methyl/N-ethyl adjacent to an activating group) is 1. The molecule has 0 spiro atoms. The average molecular weight is 227 g/mol. The van der Waals surface area contributed by atoms with E-state index in [4.69, 9.17) is 5.73 Å². The van der Waals surface area contributed by atoms with Crippen LogP contribution >= 0.6 is 0 Å². The van der Waals surface area contributed by atoms with Gasteiger partial charge in [-0.05, 0) is 32.7 Å². The van der Waals surface area contributed by atoms with Crippen LogP contribution in [0.1, 0.15) is 33.6 Å². The number of nitrogens with two attached hydrogens (primary N) is 1. The predicted molar refractivity (Wildman–Crippen MR) is 66.1 cm³/mol. The lowest BCUT2D eigenvalue weighted by molar-refractivity contribution is -0.124. The van der Waals surface area contributed by atoms with Crippen LogP contribution in [0.15, 0.2) is 0 Å². The Morgan fingerprint density at radius 2 is 2.12 bits per heavy atom. The molecule has 94 valence electrons. The Bertz CT molecular complexity index is 251. The van der Waals surface area contributed by atoms with E-state index < -0.39 is 5.54 Å². The molecule has 1 fully saturated rings. The van der Waals surface area contributed by atoms with Gasteiger partial charge in [0.15, 0.2) is 0 Å². The summed E-state index contributed by atoms with van der Waals surface area (Å²) in [6.07, 6.45) is 2.51. The van der Waals surface area contributed by atoms with Crippen LogP contribution in [0.25, 0.3) is 0 Å². The van der Waals surface area contributed by atoms with Gasteiger partial charge in [-0.2, -0.15) is 0 Å². The molecule has 1 rings (SSSR count). The molecule has 4 nitrogen and oxygen atoms in total. The molecular weight excluding hydrogens is 202 g/mol. The first-order valence-corrected chi connectivity index (χ1v) is 6.12. The highest BCUT2D eigenvalue weighted by Gasteiger charge is 2.37. The fourth-order valence-corrected chi connectivity index (χ4v) is 1.94. The van der Waals surface area contributed by atoms with Crippen molar-refractivity contribution in [3.8, 4) is 0 Å². The minimum atomic E-state index is -0.614. The van der Waals surface area contributed by atoms with Gasteiger partial charge in [0, 0.05) is 19.1 Å². The summed E-state index contributed by atoms with van der Waals surface area (Å²) in [6.45, 7) is 8.04. The van der Waals surface area contributed by atoms with E-state index in [1.54, 1.807) is 7.05 Å². The summed E-state index contributed by atoms with van der Waals surface area (Å²) < 4.78 is 0. The van der Waals surface area contributed by atoms with Crippen molar-refractivity contribution in [3.63, 3.8) is 0 Å². The summed E-state index contributed by atoms with van der Waals surface area (Å²) in [5.74, 6) is 0.346. The van der Waals surface area contributed by atoms with Crippen LogP contribution in [0.4, 0.5) is 0 Å². The van der Waals surface area contributed by atoms with Gasteiger partial charge >= 0.3 is 0 Å². The van der Waals surface area contributed by atoms with Crippen LogP contribution in [0, 0.1) is 5.92 Å². The number of hydrogen-bond acceptors (Lipinski definition) is 3. The van der Waals surface area contributed by atoms with Crippen LogP contribution in [0.2, 0.25) is 0 Å². The summed E-state index contributed by atoms with van der Waals surface area (Å²) in [5.41, 5.74) is 4.84. The summed E-state index contributed by atoms with van der Waals surface area (Å²) >= 11 is 0. The minimum absolute atomic E-state index is 0.274. The smallest absolute Gasteiger partial charge is 0.238 e. The van der Waals surface area contributed by atoms with Gasteiger partial charge in [0.05, 0.1) is 0 Å². The third-order valence-corrected chi connectivity index (χ3v) is 3.28. The van der Waals surface area contributed by atoms with E-state index in [2.05, 4.69) is 24.1 Å². The Hall–Kier alpha value is -0.610. The molecule has 0 aromatic rings. The Morgan fingerprint density at radius 1 is 1.56 bits per heavy atom. The van der Waals surface area contributed by atoms with Gasteiger partial charge in [-0.15, -0.1) is 0 Å². The van der Waals surface area contributed by atoms with Crippen LogP contribution in [-0.4, -0.2) is 42.5 Å². The van der Waals surface area contributed by atoms with Gasteiger partial charge in [0.2, 0.25) is 5.91 Å². The number of nitrogens with zero attached hydrogens (tertiary/aromatic N) is 1. The molecule has 0 heterocycles. The van der Waals surface area contributed by atoms with Gasteiger partial charge in [0.1, 0.15) is 5.54 Å². The van der Waals surface area contributed by atoms with Crippen LogP contribution in [0.3, 0.4) is 0 Å². The van der Waals surface area contributed by atoms with Gasteiger partial charge in [0.25, 0.3) is 0 Å². The first kappa shape index (κ1) is 13.5. The van der Waals surface area contributed by atoms with Crippen molar-refractivity contribution in [2.75, 3.05) is 20.1 Å². The summed E-state index contributed by atoms with van der Waals surface area (Å²) in [5, 5.41) is 3.05. The molecule has 0 bridgehead atoms. The Labute approximate surface area is 98.6 Å². The lowest BCUT2D eigenvalue weighted by Crippen LogP contribution is -2.59. The molecule has 3 N–H and O–H groups in total. The standard InChI is InChI=1S/C12H25N3O/c1-9(2)7-15(10-5-6-10)8-12(3,14-4)11(13)16/h9-10,14H,5-8H2,1-4H3,(H2,13,16). The van der Waals surface area contributed by atoms with E-state index in [-0.39, 0.29) is 5.91 Å². The molecular formula is C12H25N3O. The van der Waals surface area contributed by atoms with Crippen molar-refractivity contribution in [1.29, 1.82) is 0 Å². The van der Waals surface area contributed by atoms with E-state index in [1.165, 1.54) is 12.8 Å². The normalized spacial score (nSPS) is 20.1. The summed E-state index contributed by atoms with van der Waals surface area (Å²) in [6, 6.07) is 0.662. The second-order valence-corrected chi connectivity index (χ2v) is 5.50. The molecule has 4 heteroatoms. The zero-order valence-corrected chi connectivity index (χ0v) is 10.9. The average Bonchev–Trinajstić information content (AvgIpc) is 2.98. The molecule has 1 aliphatic carbocycles. The van der Waals surface area contributed by atoms with Gasteiger partial charge in [-0.25, -0.2) is 0 Å². The van der Waals surface area contributed by atoms with Gasteiger partial charge < -0.3 is 11.1 Å². The van der Waals surface area contributed by atoms with Crippen molar-refractivity contribution >= 4 is 5.91 Å². The first-order valence-electron chi connectivity index (χ1n) is 6.12. The largest absolute Gasteiger partial charge is 0.368 e. The molecule has 1 atom stereocenters. The molecule has 0 saturated heterocycles. The summed E-state index contributed by atoms with van der Waals surface area (Å²) in [4.78, 5) is 13.8. The maximum absolute atomic E-state index is 11.4. The number of nitrogens with one attached hydrogen (secondary N) is 1. The molecule has 0 aromatic carbocycles. The third kappa shape index (κ3) is 3.46. The monoisotopic (exact) mass is 227 g/mol. The van der Waals surface area contributed by atoms with Crippen LogP contribution < -0.4 is 11.1 Å². The first-order chi connectivity index (χ1) is 7.39. The molecule has 1 aliphatic rings. The van der Waals surface area contributed by atoms with Crippen molar-refractivity contribution in [1.82, 2.24) is 10.2 Å². The number of primary amides is 1. The molecule has 1 unspecified atom stereocenters. The third-order valence-electron chi connectivity index (χ3n) is 3.28. The SMILES string of the molecule is CNC(C)(CN(CC(C)C)C1CC1)C(N)=O. The number of carbonyl (C=O) groups excluding carboxylic acids is 1. The van der Waals surface area contributed by atoms with Crippen LogP contribution in [-0.2, 0) is 4.79 Å². The molecule has 1 saturated carbocycles. The number of hydrogen-bond donors (Lipinski definition) is 2. The highest BCUT2D eigenvalue weighted by atomic mass is 16.1. The number of carbonyl (C=O) groups is 1. The quantitative estimate of drug-likeness (QED) is 0.668. The fraction of sp³-hybridized carbons (Fsp3) is 0.917. The fourth-order valence-electron chi connectivity index (χ4n) is 1.94. The highest BCUT2D eigenvalue weighted by Crippen LogP contribution is 2.28. The maximum atomic E-state index is 11.4. The predicted octanol–water partition coefficient (Wildman–Crippen LogP) is 0.570. The molecule has 0 aromatic heterocycles. The van der Waals surface area contributed by atoms with E-state index in [9.17, 15) is 4.79 Å². The van der Waals surface area contributed by atoms with Crippen molar-refractivity contribution < 1.29 is 4.79 Å². The second kappa shape index (κ2) is 5.15. The molecule has 1 amide bonds. The van der Waals surface area contributed by atoms with E-state index in [0.717, 1.165) is 6.54 Å². The van der Waals surface area contributed by atoms with Gasteiger partial charge in [-0.1, -0.05) is 13.8 Å². The molecule has 0 radical (unpaired) electrons. The Kier molecular flexibility index (Phi) is 4.33. The summed E-state index contributed by atoms with van der Waals surface area (Å²) in [7, 11) is 1.80.